The number of nitrogens with one attached hydrogen (secondary N) is 2. The summed E-state index contributed by atoms with van der Waals surface area (Å²) in [4.78, 5) is 25.1. The number of hydrogen-bond acceptors (Lipinski definition) is 4. The molecule has 0 saturated heterocycles. The Morgan fingerprint density at radius 2 is 1.93 bits per heavy atom. The molecule has 7 heteroatoms. The number of para-hydroxylation sites is 2. The fraction of sp³-hybridized carbons (Fsp3) is 0.261. The molecule has 4 rings (SSSR count). The molecular formula is C23H25N5O2. The molecule has 0 fully saturated rings. The van der Waals surface area contributed by atoms with E-state index in [2.05, 4.69) is 34.1 Å². The van der Waals surface area contributed by atoms with E-state index in [0.717, 1.165) is 22.7 Å². The van der Waals surface area contributed by atoms with E-state index in [1.807, 2.05) is 42.1 Å². The molecule has 0 aliphatic rings. The van der Waals surface area contributed by atoms with Crippen molar-refractivity contribution in [2.45, 2.75) is 26.5 Å². The standard InChI is InChI=1S/C23H25N5O2/c1-15(2)21(22-25-18-6-4-5-7-19(18)26-22)27-23(29)16-8-10-17(11-9-16)30-14-20-24-12-13-28(20)3/h4-13,15,21H,14H2,1-3H3,(H,25,26)(H,27,29). The van der Waals surface area contributed by atoms with Crippen LogP contribution in [0.25, 0.3) is 11.0 Å². The molecule has 2 N–H and O–H groups in total. The summed E-state index contributed by atoms with van der Waals surface area (Å²) in [5, 5.41) is 3.10. The second-order valence-electron chi connectivity index (χ2n) is 7.60. The van der Waals surface area contributed by atoms with Gasteiger partial charge in [0.15, 0.2) is 0 Å². The minimum absolute atomic E-state index is 0.148. The van der Waals surface area contributed by atoms with Gasteiger partial charge in [-0.3, -0.25) is 4.79 Å². The Bertz CT molecular complexity index is 1110. The number of imidazole rings is 2. The van der Waals surface area contributed by atoms with E-state index < -0.39 is 0 Å². The first-order chi connectivity index (χ1) is 14.5. The molecule has 2 aromatic carbocycles. The van der Waals surface area contributed by atoms with Gasteiger partial charge in [0.25, 0.3) is 5.91 Å². The van der Waals surface area contributed by atoms with E-state index in [1.54, 1.807) is 30.5 Å². The van der Waals surface area contributed by atoms with Crippen molar-refractivity contribution in [1.29, 1.82) is 0 Å². The molecule has 2 aromatic heterocycles. The van der Waals surface area contributed by atoms with E-state index in [1.165, 1.54) is 0 Å². The third-order valence-corrected chi connectivity index (χ3v) is 5.06. The molecule has 1 unspecified atom stereocenters. The molecular weight excluding hydrogens is 378 g/mol. The van der Waals surface area contributed by atoms with Crippen molar-refractivity contribution in [1.82, 2.24) is 24.8 Å². The summed E-state index contributed by atoms with van der Waals surface area (Å²) in [5.41, 5.74) is 2.42. The van der Waals surface area contributed by atoms with E-state index in [0.29, 0.717) is 17.9 Å². The predicted octanol–water partition coefficient (Wildman–Crippen LogP) is 4.00. The van der Waals surface area contributed by atoms with E-state index in [4.69, 9.17) is 4.74 Å². The van der Waals surface area contributed by atoms with Gasteiger partial charge in [0.2, 0.25) is 0 Å². The molecule has 0 saturated carbocycles. The number of H-pyrrole nitrogens is 1. The van der Waals surface area contributed by atoms with Crippen molar-refractivity contribution in [2.75, 3.05) is 0 Å². The molecule has 0 spiro atoms. The first-order valence-corrected chi connectivity index (χ1v) is 9.96. The van der Waals surface area contributed by atoms with Crippen molar-refractivity contribution in [3.05, 3.63) is 78.1 Å². The average Bonchev–Trinajstić information content (AvgIpc) is 3.36. The summed E-state index contributed by atoms with van der Waals surface area (Å²) in [6.45, 7) is 4.50. The largest absolute Gasteiger partial charge is 0.486 e. The van der Waals surface area contributed by atoms with Crippen molar-refractivity contribution in [3.63, 3.8) is 0 Å². The van der Waals surface area contributed by atoms with Crippen LogP contribution in [0.2, 0.25) is 0 Å². The van der Waals surface area contributed by atoms with Crippen molar-refractivity contribution < 1.29 is 9.53 Å². The zero-order valence-corrected chi connectivity index (χ0v) is 17.3. The van der Waals surface area contributed by atoms with Gasteiger partial charge in [0.05, 0.1) is 17.1 Å². The normalized spacial score (nSPS) is 12.3. The second-order valence-corrected chi connectivity index (χ2v) is 7.60. The summed E-state index contributed by atoms with van der Waals surface area (Å²) in [6, 6.07) is 14.8. The maximum atomic E-state index is 12.8. The zero-order chi connectivity index (χ0) is 21.1. The molecule has 154 valence electrons. The third-order valence-electron chi connectivity index (χ3n) is 5.06. The minimum atomic E-state index is -0.218. The average molecular weight is 403 g/mol. The highest BCUT2D eigenvalue weighted by Gasteiger charge is 2.22. The fourth-order valence-corrected chi connectivity index (χ4v) is 3.28. The number of ether oxygens (including phenoxy) is 1. The number of hydrogen-bond donors (Lipinski definition) is 2. The zero-order valence-electron chi connectivity index (χ0n) is 17.3. The molecule has 0 bridgehead atoms. The number of rotatable bonds is 7. The first-order valence-electron chi connectivity index (χ1n) is 9.96. The number of fused-ring (bicyclic) bond motifs is 1. The first kappa shape index (κ1) is 19.7. The molecule has 0 aliphatic heterocycles. The van der Waals surface area contributed by atoms with Crippen LogP contribution in [0.5, 0.6) is 5.75 Å². The number of aromatic amines is 1. The smallest absolute Gasteiger partial charge is 0.251 e. The lowest BCUT2D eigenvalue weighted by atomic mass is 10.0. The Balaban J connectivity index is 1.44. The number of nitrogens with zero attached hydrogens (tertiary/aromatic N) is 3. The van der Waals surface area contributed by atoms with E-state index in [9.17, 15) is 4.79 Å². The Hall–Kier alpha value is -3.61. The van der Waals surface area contributed by atoms with Crippen LogP contribution < -0.4 is 10.1 Å². The Morgan fingerprint density at radius 1 is 1.17 bits per heavy atom. The molecule has 0 aliphatic carbocycles. The predicted molar refractivity (Wildman–Crippen MR) is 115 cm³/mol. The number of benzene rings is 2. The fourth-order valence-electron chi connectivity index (χ4n) is 3.28. The van der Waals surface area contributed by atoms with Gasteiger partial charge in [-0.25, -0.2) is 9.97 Å². The van der Waals surface area contributed by atoms with Gasteiger partial charge in [0, 0.05) is 25.0 Å². The number of aromatic nitrogens is 4. The highest BCUT2D eigenvalue weighted by molar-refractivity contribution is 5.94. The summed E-state index contributed by atoms with van der Waals surface area (Å²) in [5.74, 6) is 2.31. The summed E-state index contributed by atoms with van der Waals surface area (Å²) in [6.07, 6.45) is 3.61. The number of aryl methyl sites for hydroxylation is 1. The lowest BCUT2D eigenvalue weighted by molar-refractivity contribution is 0.0923. The Kier molecular flexibility index (Phi) is 5.52. The van der Waals surface area contributed by atoms with Crippen LogP contribution >= 0.6 is 0 Å². The number of carbonyl (C=O) groups is 1. The van der Waals surface area contributed by atoms with Gasteiger partial charge >= 0.3 is 0 Å². The Morgan fingerprint density at radius 3 is 2.60 bits per heavy atom. The molecule has 4 aromatic rings. The summed E-state index contributed by atoms with van der Waals surface area (Å²) >= 11 is 0. The topological polar surface area (TPSA) is 84.8 Å². The quantitative estimate of drug-likeness (QED) is 0.488. The summed E-state index contributed by atoms with van der Waals surface area (Å²) in [7, 11) is 1.92. The van der Waals surface area contributed by atoms with Crippen LogP contribution in [0.4, 0.5) is 0 Å². The van der Waals surface area contributed by atoms with Crippen LogP contribution in [0.3, 0.4) is 0 Å². The summed E-state index contributed by atoms with van der Waals surface area (Å²) < 4.78 is 7.67. The molecule has 1 amide bonds. The van der Waals surface area contributed by atoms with Gasteiger partial charge in [-0.1, -0.05) is 26.0 Å². The lowest BCUT2D eigenvalue weighted by Gasteiger charge is -2.20. The van der Waals surface area contributed by atoms with Crippen LogP contribution in [-0.2, 0) is 13.7 Å². The second kappa shape index (κ2) is 8.41. The molecule has 30 heavy (non-hydrogen) atoms. The molecule has 7 nitrogen and oxygen atoms in total. The number of amides is 1. The SMILES string of the molecule is CC(C)C(NC(=O)c1ccc(OCc2nccn2C)cc1)c1nc2ccccc2[nH]1. The van der Waals surface area contributed by atoms with Gasteiger partial charge in [-0.05, 0) is 42.3 Å². The van der Waals surface area contributed by atoms with E-state index in [-0.39, 0.29) is 17.9 Å². The highest BCUT2D eigenvalue weighted by atomic mass is 16.5. The van der Waals surface area contributed by atoms with Gasteiger partial charge in [0.1, 0.15) is 24.0 Å². The van der Waals surface area contributed by atoms with E-state index >= 15 is 0 Å². The van der Waals surface area contributed by atoms with Crippen LogP contribution in [0.1, 0.15) is 41.9 Å². The van der Waals surface area contributed by atoms with Gasteiger partial charge < -0.3 is 19.6 Å². The van der Waals surface area contributed by atoms with Crippen molar-refractivity contribution in [2.24, 2.45) is 13.0 Å². The highest BCUT2D eigenvalue weighted by Crippen LogP contribution is 2.23. The molecule has 0 radical (unpaired) electrons. The number of carbonyl (C=O) groups excluding carboxylic acids is 1. The van der Waals surface area contributed by atoms with Crippen LogP contribution in [0.15, 0.2) is 60.9 Å². The van der Waals surface area contributed by atoms with Crippen LogP contribution in [0, 0.1) is 5.92 Å². The van der Waals surface area contributed by atoms with Crippen LogP contribution in [-0.4, -0.2) is 25.4 Å². The minimum Gasteiger partial charge on any atom is -0.486 e. The Labute approximate surface area is 175 Å². The van der Waals surface area contributed by atoms with Gasteiger partial charge in [-0.15, -0.1) is 0 Å². The van der Waals surface area contributed by atoms with Crippen molar-refractivity contribution >= 4 is 16.9 Å². The monoisotopic (exact) mass is 403 g/mol. The molecule has 2 heterocycles. The lowest BCUT2D eigenvalue weighted by Crippen LogP contribution is -2.32. The van der Waals surface area contributed by atoms with Gasteiger partial charge in [-0.2, -0.15) is 0 Å². The maximum absolute atomic E-state index is 12.8. The molecule has 1 atom stereocenters. The van der Waals surface area contributed by atoms with Crippen molar-refractivity contribution in [3.8, 4) is 5.75 Å². The maximum Gasteiger partial charge on any atom is 0.251 e. The third kappa shape index (κ3) is 4.20.